The summed E-state index contributed by atoms with van der Waals surface area (Å²) in [6.45, 7) is 0. The molecule has 8 heteroatoms. The Labute approximate surface area is 118 Å². The highest BCUT2D eigenvalue weighted by molar-refractivity contribution is 7.71. The molecule has 1 saturated carbocycles. The van der Waals surface area contributed by atoms with Crippen LogP contribution in [0.3, 0.4) is 0 Å². The van der Waals surface area contributed by atoms with Gasteiger partial charge in [-0.25, -0.2) is 0 Å². The molecule has 1 aliphatic carbocycles. The van der Waals surface area contributed by atoms with Gasteiger partial charge in [-0.3, -0.25) is 19.8 Å². The minimum absolute atomic E-state index is 0.0663. The highest BCUT2D eigenvalue weighted by Crippen LogP contribution is 2.41. The first kappa shape index (κ1) is 12.3. The molecule has 19 heavy (non-hydrogen) atoms. The summed E-state index contributed by atoms with van der Waals surface area (Å²) in [5.74, 6) is 0.435. The zero-order chi connectivity index (χ0) is 13.6. The number of H-pyrrole nitrogens is 1. The van der Waals surface area contributed by atoms with Crippen LogP contribution in [0.4, 0.5) is 5.69 Å². The second-order valence-electron chi connectivity index (χ2n) is 4.34. The Hall–Kier alpha value is -1.73. The lowest BCUT2D eigenvalue weighted by Gasteiger charge is -2.07. The molecule has 0 aliphatic heterocycles. The maximum Gasteiger partial charge on any atom is 0.281 e. The molecule has 1 N–H and O–H groups in total. The number of hydrogen-bond acceptors (Lipinski definition) is 4. The molecule has 0 amide bonds. The molecule has 98 valence electrons. The number of nitro groups is 1. The Morgan fingerprint density at radius 1 is 1.53 bits per heavy atom. The minimum Gasteiger partial charge on any atom is -0.297 e. The van der Waals surface area contributed by atoms with Crippen molar-refractivity contribution in [3.8, 4) is 11.4 Å². The minimum atomic E-state index is -0.462. The number of hydrogen-bond donors (Lipinski definition) is 1. The molecule has 3 rings (SSSR count). The van der Waals surface area contributed by atoms with Gasteiger partial charge in [0.1, 0.15) is 5.56 Å². The average Bonchev–Trinajstić information content (AvgIpc) is 3.13. The van der Waals surface area contributed by atoms with Crippen molar-refractivity contribution in [1.29, 1.82) is 0 Å². The molecular formula is C11H9ClN4O2S. The Morgan fingerprint density at radius 3 is 2.89 bits per heavy atom. The fraction of sp³-hybridized carbons (Fsp3) is 0.273. The Morgan fingerprint density at radius 2 is 2.26 bits per heavy atom. The Kier molecular flexibility index (Phi) is 2.87. The molecule has 0 unspecified atom stereocenters. The second-order valence-corrected chi connectivity index (χ2v) is 5.14. The van der Waals surface area contributed by atoms with Gasteiger partial charge in [-0.2, -0.15) is 5.10 Å². The van der Waals surface area contributed by atoms with Crippen LogP contribution in [0.1, 0.15) is 18.9 Å². The molecular weight excluding hydrogens is 288 g/mol. The topological polar surface area (TPSA) is 76.8 Å². The lowest BCUT2D eigenvalue weighted by Crippen LogP contribution is -2.01. The third-order valence-corrected chi connectivity index (χ3v) is 3.63. The van der Waals surface area contributed by atoms with E-state index in [2.05, 4.69) is 10.2 Å². The summed E-state index contributed by atoms with van der Waals surface area (Å²) in [6, 6.07) is 4.83. The van der Waals surface area contributed by atoms with Crippen LogP contribution in [0, 0.1) is 14.9 Å². The third kappa shape index (κ3) is 2.04. The number of benzene rings is 1. The van der Waals surface area contributed by atoms with Crippen molar-refractivity contribution in [3.05, 3.63) is 38.1 Å². The summed E-state index contributed by atoms with van der Waals surface area (Å²) >= 11 is 11.3. The van der Waals surface area contributed by atoms with E-state index in [1.165, 1.54) is 6.07 Å². The largest absolute Gasteiger partial charge is 0.297 e. The smallest absolute Gasteiger partial charge is 0.281 e. The molecule has 1 aromatic heterocycles. The number of aromatic nitrogens is 3. The molecule has 1 aromatic carbocycles. The molecule has 0 bridgehead atoms. The van der Waals surface area contributed by atoms with E-state index in [0.29, 0.717) is 21.2 Å². The molecule has 6 nitrogen and oxygen atoms in total. The predicted molar refractivity (Wildman–Crippen MR) is 72.8 cm³/mol. The van der Waals surface area contributed by atoms with Gasteiger partial charge in [0.05, 0.1) is 9.95 Å². The van der Waals surface area contributed by atoms with E-state index < -0.39 is 4.92 Å². The summed E-state index contributed by atoms with van der Waals surface area (Å²) in [6.07, 6.45) is 2.00. The molecule has 0 spiro atoms. The van der Waals surface area contributed by atoms with Gasteiger partial charge < -0.3 is 0 Å². The summed E-state index contributed by atoms with van der Waals surface area (Å²) in [7, 11) is 0. The van der Waals surface area contributed by atoms with Crippen molar-refractivity contribution in [2.75, 3.05) is 0 Å². The Bertz CT molecular complexity index is 720. The summed E-state index contributed by atoms with van der Waals surface area (Å²) in [5.41, 5.74) is 0.247. The number of nitrogens with one attached hydrogen (secondary N) is 1. The fourth-order valence-corrected chi connectivity index (χ4v) is 2.57. The van der Waals surface area contributed by atoms with Crippen LogP contribution in [0.25, 0.3) is 11.4 Å². The lowest BCUT2D eigenvalue weighted by molar-refractivity contribution is -0.384. The van der Waals surface area contributed by atoms with Crippen LogP contribution in [-0.4, -0.2) is 19.7 Å². The molecule has 0 radical (unpaired) electrons. The first-order chi connectivity index (χ1) is 9.09. The normalized spacial score (nSPS) is 14.6. The first-order valence-corrected chi connectivity index (χ1v) is 6.48. The number of nitro benzene ring substituents is 1. The van der Waals surface area contributed by atoms with Crippen LogP contribution in [-0.2, 0) is 0 Å². The van der Waals surface area contributed by atoms with Gasteiger partial charge in [-0.1, -0.05) is 17.7 Å². The van der Waals surface area contributed by atoms with E-state index in [9.17, 15) is 10.1 Å². The van der Waals surface area contributed by atoms with E-state index in [1.807, 2.05) is 4.57 Å². The molecule has 0 atom stereocenters. The number of halogens is 1. The van der Waals surface area contributed by atoms with Crippen LogP contribution >= 0.6 is 23.8 Å². The van der Waals surface area contributed by atoms with Gasteiger partial charge in [0.2, 0.25) is 0 Å². The van der Waals surface area contributed by atoms with Crippen LogP contribution in [0.5, 0.6) is 0 Å². The van der Waals surface area contributed by atoms with E-state index in [-0.39, 0.29) is 11.7 Å². The maximum absolute atomic E-state index is 11.1. The Balaban J connectivity index is 2.28. The SMILES string of the molecule is O=[N+]([O-])c1cccc(Cl)c1-c1n[nH]c(=S)n1C1CC1. The van der Waals surface area contributed by atoms with Gasteiger partial charge in [0, 0.05) is 12.1 Å². The van der Waals surface area contributed by atoms with Crippen molar-refractivity contribution < 1.29 is 4.92 Å². The van der Waals surface area contributed by atoms with E-state index in [4.69, 9.17) is 23.8 Å². The van der Waals surface area contributed by atoms with Crippen LogP contribution in [0.2, 0.25) is 5.02 Å². The highest BCUT2D eigenvalue weighted by atomic mass is 35.5. The molecule has 2 aromatic rings. The van der Waals surface area contributed by atoms with Crippen molar-refractivity contribution in [2.24, 2.45) is 0 Å². The summed E-state index contributed by atoms with van der Waals surface area (Å²) < 4.78 is 2.27. The first-order valence-electron chi connectivity index (χ1n) is 5.70. The van der Waals surface area contributed by atoms with E-state index in [0.717, 1.165) is 12.8 Å². The van der Waals surface area contributed by atoms with Crippen molar-refractivity contribution >= 4 is 29.5 Å². The van der Waals surface area contributed by atoms with Crippen LogP contribution < -0.4 is 0 Å². The monoisotopic (exact) mass is 296 g/mol. The zero-order valence-corrected chi connectivity index (χ0v) is 11.2. The van der Waals surface area contributed by atoms with Gasteiger partial charge >= 0.3 is 0 Å². The van der Waals surface area contributed by atoms with Gasteiger partial charge in [0.25, 0.3) is 5.69 Å². The van der Waals surface area contributed by atoms with E-state index in [1.54, 1.807) is 12.1 Å². The number of rotatable bonds is 3. The third-order valence-electron chi connectivity index (χ3n) is 3.03. The molecule has 1 aliphatic rings. The van der Waals surface area contributed by atoms with Crippen LogP contribution in [0.15, 0.2) is 18.2 Å². The fourth-order valence-electron chi connectivity index (χ4n) is 2.04. The highest BCUT2D eigenvalue weighted by Gasteiger charge is 2.31. The quantitative estimate of drug-likeness (QED) is 0.534. The van der Waals surface area contributed by atoms with E-state index >= 15 is 0 Å². The van der Waals surface area contributed by atoms with Crippen molar-refractivity contribution in [3.63, 3.8) is 0 Å². The number of aromatic amines is 1. The average molecular weight is 297 g/mol. The molecule has 1 fully saturated rings. The molecule has 0 saturated heterocycles. The van der Waals surface area contributed by atoms with Crippen molar-refractivity contribution in [2.45, 2.75) is 18.9 Å². The van der Waals surface area contributed by atoms with Gasteiger partial charge in [-0.05, 0) is 31.1 Å². The summed E-state index contributed by atoms with van der Waals surface area (Å²) in [4.78, 5) is 10.7. The zero-order valence-electron chi connectivity index (χ0n) is 9.67. The molecule has 1 heterocycles. The lowest BCUT2D eigenvalue weighted by atomic mass is 10.1. The van der Waals surface area contributed by atoms with Gasteiger partial charge in [0.15, 0.2) is 10.6 Å². The van der Waals surface area contributed by atoms with Gasteiger partial charge in [-0.15, -0.1) is 0 Å². The summed E-state index contributed by atoms with van der Waals surface area (Å²) in [5, 5.41) is 18.2. The predicted octanol–water partition coefficient (Wildman–Crippen LogP) is 3.50. The standard InChI is InChI=1S/C11H9ClN4O2S/c12-7-2-1-3-8(16(17)18)9(7)10-13-14-11(19)15(10)6-4-5-6/h1-3,6H,4-5H2,(H,14,19). The second kappa shape index (κ2) is 4.43. The number of nitrogens with zero attached hydrogens (tertiary/aromatic N) is 3. The van der Waals surface area contributed by atoms with Crippen molar-refractivity contribution in [1.82, 2.24) is 14.8 Å². The maximum atomic E-state index is 11.1.